The van der Waals surface area contributed by atoms with Crippen molar-refractivity contribution in [3.63, 3.8) is 0 Å². The average Bonchev–Trinajstić information content (AvgIpc) is 3.17. The maximum atomic E-state index is 12.6. The second-order valence-corrected chi connectivity index (χ2v) is 6.83. The molecular weight excluding hydrogens is 368 g/mol. The number of benzene rings is 2. The molecule has 1 aliphatic rings. The molecule has 3 aromatic rings. The van der Waals surface area contributed by atoms with Gasteiger partial charge in [0, 0.05) is 37.2 Å². The standard InChI is InChI=1S/C22H22N4O3/c1-16(27)23-21-15-20(17-5-3-2-4-6-17)24-26(21)19-9-7-18(8-10-19)22(28)25-11-13-29-14-12-25/h2-10,15H,11-14H2,1H3,(H,23,27). The second kappa shape index (κ2) is 8.28. The minimum Gasteiger partial charge on any atom is -0.378 e. The van der Waals surface area contributed by atoms with E-state index in [-0.39, 0.29) is 11.8 Å². The van der Waals surface area contributed by atoms with Crippen LogP contribution in [0.1, 0.15) is 17.3 Å². The summed E-state index contributed by atoms with van der Waals surface area (Å²) >= 11 is 0. The Morgan fingerprint density at radius 3 is 2.34 bits per heavy atom. The number of hydrogen-bond acceptors (Lipinski definition) is 4. The second-order valence-electron chi connectivity index (χ2n) is 6.83. The Balaban J connectivity index is 1.63. The first-order valence-corrected chi connectivity index (χ1v) is 9.52. The quantitative estimate of drug-likeness (QED) is 0.743. The molecule has 0 spiro atoms. The van der Waals surface area contributed by atoms with Crippen molar-refractivity contribution in [1.29, 1.82) is 0 Å². The fourth-order valence-electron chi connectivity index (χ4n) is 3.29. The maximum absolute atomic E-state index is 12.6. The van der Waals surface area contributed by atoms with E-state index in [4.69, 9.17) is 4.74 Å². The van der Waals surface area contributed by atoms with Crippen LogP contribution in [-0.4, -0.2) is 52.8 Å². The monoisotopic (exact) mass is 390 g/mol. The van der Waals surface area contributed by atoms with E-state index >= 15 is 0 Å². The van der Waals surface area contributed by atoms with Gasteiger partial charge in [-0.25, -0.2) is 4.68 Å². The van der Waals surface area contributed by atoms with Gasteiger partial charge in [0.1, 0.15) is 5.82 Å². The summed E-state index contributed by atoms with van der Waals surface area (Å²) in [5.41, 5.74) is 3.08. The molecular formula is C22H22N4O3. The van der Waals surface area contributed by atoms with Crippen LogP contribution in [0.25, 0.3) is 16.9 Å². The van der Waals surface area contributed by atoms with Crippen molar-refractivity contribution in [2.24, 2.45) is 0 Å². The van der Waals surface area contributed by atoms with Gasteiger partial charge in [-0.1, -0.05) is 30.3 Å². The van der Waals surface area contributed by atoms with Crippen LogP contribution in [-0.2, 0) is 9.53 Å². The summed E-state index contributed by atoms with van der Waals surface area (Å²) in [5.74, 6) is 0.390. The molecule has 2 aromatic carbocycles. The van der Waals surface area contributed by atoms with E-state index in [9.17, 15) is 9.59 Å². The predicted molar refractivity (Wildman–Crippen MR) is 110 cm³/mol. The summed E-state index contributed by atoms with van der Waals surface area (Å²) in [6, 6.07) is 18.8. The molecule has 29 heavy (non-hydrogen) atoms. The number of ether oxygens (including phenoxy) is 1. The molecule has 2 amide bonds. The number of hydrogen-bond donors (Lipinski definition) is 1. The zero-order valence-corrected chi connectivity index (χ0v) is 16.2. The van der Waals surface area contributed by atoms with Crippen molar-refractivity contribution in [3.05, 3.63) is 66.2 Å². The first kappa shape index (κ1) is 18.9. The number of anilines is 1. The third kappa shape index (κ3) is 4.20. The Morgan fingerprint density at radius 2 is 1.69 bits per heavy atom. The van der Waals surface area contributed by atoms with E-state index in [2.05, 4.69) is 10.4 Å². The van der Waals surface area contributed by atoms with Gasteiger partial charge in [-0.05, 0) is 24.3 Å². The molecule has 0 saturated carbocycles. The number of morpholine rings is 1. The van der Waals surface area contributed by atoms with Gasteiger partial charge in [-0.3, -0.25) is 9.59 Å². The number of amides is 2. The Hall–Kier alpha value is -3.45. The zero-order valence-electron chi connectivity index (χ0n) is 16.2. The van der Waals surface area contributed by atoms with Crippen LogP contribution >= 0.6 is 0 Å². The minimum absolute atomic E-state index is 0.00706. The van der Waals surface area contributed by atoms with Crippen LogP contribution in [0.4, 0.5) is 5.82 Å². The van der Waals surface area contributed by atoms with Crippen molar-refractivity contribution in [2.45, 2.75) is 6.92 Å². The van der Waals surface area contributed by atoms with Gasteiger partial charge in [-0.15, -0.1) is 0 Å². The van der Waals surface area contributed by atoms with Gasteiger partial charge in [0.2, 0.25) is 5.91 Å². The van der Waals surface area contributed by atoms with Gasteiger partial charge < -0.3 is 15.0 Å². The molecule has 0 unspecified atom stereocenters. The molecule has 1 saturated heterocycles. The van der Waals surface area contributed by atoms with Gasteiger partial charge in [0.15, 0.2) is 0 Å². The number of carbonyl (C=O) groups excluding carboxylic acids is 2. The van der Waals surface area contributed by atoms with E-state index < -0.39 is 0 Å². The smallest absolute Gasteiger partial charge is 0.254 e. The van der Waals surface area contributed by atoms with E-state index in [1.165, 1.54) is 6.92 Å². The lowest BCUT2D eigenvalue weighted by Crippen LogP contribution is -2.40. The fraction of sp³-hybridized carbons (Fsp3) is 0.227. The van der Waals surface area contributed by atoms with Crippen LogP contribution in [0.3, 0.4) is 0 Å². The highest BCUT2D eigenvalue weighted by molar-refractivity contribution is 5.94. The van der Waals surface area contributed by atoms with E-state index in [1.807, 2.05) is 48.5 Å². The van der Waals surface area contributed by atoms with E-state index in [0.717, 1.165) is 16.9 Å². The summed E-state index contributed by atoms with van der Waals surface area (Å²) in [5, 5.41) is 7.48. The molecule has 1 aliphatic heterocycles. The van der Waals surface area contributed by atoms with Crippen LogP contribution in [0.5, 0.6) is 0 Å². The topological polar surface area (TPSA) is 76.5 Å². The molecule has 2 heterocycles. The van der Waals surface area contributed by atoms with Crippen molar-refractivity contribution in [3.8, 4) is 16.9 Å². The van der Waals surface area contributed by atoms with Gasteiger partial charge in [0.05, 0.1) is 24.6 Å². The van der Waals surface area contributed by atoms with Crippen molar-refractivity contribution in [1.82, 2.24) is 14.7 Å². The lowest BCUT2D eigenvalue weighted by Gasteiger charge is -2.26. The number of nitrogens with zero attached hydrogens (tertiary/aromatic N) is 3. The largest absolute Gasteiger partial charge is 0.378 e. The summed E-state index contributed by atoms with van der Waals surface area (Å²) < 4.78 is 6.98. The molecule has 1 fully saturated rings. The molecule has 148 valence electrons. The fourth-order valence-corrected chi connectivity index (χ4v) is 3.29. The number of aromatic nitrogens is 2. The zero-order chi connectivity index (χ0) is 20.2. The summed E-state index contributed by atoms with van der Waals surface area (Å²) in [6.45, 7) is 3.81. The van der Waals surface area contributed by atoms with Crippen LogP contribution in [0, 0.1) is 0 Å². The van der Waals surface area contributed by atoms with Crippen molar-refractivity contribution < 1.29 is 14.3 Å². The molecule has 7 nitrogen and oxygen atoms in total. The van der Waals surface area contributed by atoms with Crippen LogP contribution in [0.2, 0.25) is 0 Å². The Morgan fingerprint density at radius 1 is 1.00 bits per heavy atom. The first-order valence-electron chi connectivity index (χ1n) is 9.52. The summed E-state index contributed by atoms with van der Waals surface area (Å²) in [6.07, 6.45) is 0. The molecule has 0 aliphatic carbocycles. The van der Waals surface area contributed by atoms with Gasteiger partial charge in [0.25, 0.3) is 5.91 Å². The molecule has 1 N–H and O–H groups in total. The van der Waals surface area contributed by atoms with Crippen molar-refractivity contribution >= 4 is 17.6 Å². The van der Waals surface area contributed by atoms with Crippen molar-refractivity contribution in [2.75, 3.05) is 31.6 Å². The molecule has 4 rings (SSSR count). The highest BCUT2D eigenvalue weighted by atomic mass is 16.5. The van der Waals surface area contributed by atoms with Crippen LogP contribution < -0.4 is 5.32 Å². The molecule has 0 bridgehead atoms. The molecule has 0 atom stereocenters. The lowest BCUT2D eigenvalue weighted by atomic mass is 10.1. The summed E-state index contributed by atoms with van der Waals surface area (Å²) in [7, 11) is 0. The Labute approximate surface area is 168 Å². The lowest BCUT2D eigenvalue weighted by molar-refractivity contribution is -0.114. The predicted octanol–water partition coefficient (Wildman–Crippen LogP) is 2.97. The highest BCUT2D eigenvalue weighted by Gasteiger charge is 2.19. The number of rotatable bonds is 4. The SMILES string of the molecule is CC(=O)Nc1cc(-c2ccccc2)nn1-c1ccc(C(=O)N2CCOCC2)cc1. The number of nitrogens with one attached hydrogen (secondary N) is 1. The normalized spacial score (nSPS) is 13.9. The first-order chi connectivity index (χ1) is 14.1. The molecule has 7 heteroatoms. The van der Waals surface area contributed by atoms with Gasteiger partial charge in [-0.2, -0.15) is 5.10 Å². The van der Waals surface area contributed by atoms with Crippen LogP contribution in [0.15, 0.2) is 60.7 Å². The third-order valence-corrected chi connectivity index (χ3v) is 4.74. The average molecular weight is 390 g/mol. The Kier molecular flexibility index (Phi) is 5.39. The summed E-state index contributed by atoms with van der Waals surface area (Å²) in [4.78, 5) is 26.1. The highest BCUT2D eigenvalue weighted by Crippen LogP contribution is 2.25. The maximum Gasteiger partial charge on any atom is 0.254 e. The Bertz CT molecular complexity index is 1010. The molecule has 0 radical (unpaired) electrons. The minimum atomic E-state index is -0.176. The van der Waals surface area contributed by atoms with E-state index in [1.54, 1.807) is 21.7 Å². The number of carbonyl (C=O) groups is 2. The van der Waals surface area contributed by atoms with Gasteiger partial charge >= 0.3 is 0 Å². The third-order valence-electron chi connectivity index (χ3n) is 4.74. The van der Waals surface area contributed by atoms with E-state index in [0.29, 0.717) is 37.7 Å². The molecule has 1 aromatic heterocycles.